The van der Waals surface area contributed by atoms with E-state index in [-0.39, 0.29) is 48.0 Å². The largest absolute Gasteiger partial charge is 0.489 e. The summed E-state index contributed by atoms with van der Waals surface area (Å²) < 4.78 is 34.9. The molecule has 1 aliphatic heterocycles. The molecule has 182 valence electrons. The number of alkyl halides is 2. The number of hydrogen-bond acceptors (Lipinski definition) is 8. The molecular formula is C22H25F2N5O5. The molecule has 2 aliphatic rings. The SMILES string of the molecule is CN1C(=O)C(F)(F)CN(C2CCCC2)c2nc(Nc3ccc(C(=O)O)cc3OCCO)ncc21. The van der Waals surface area contributed by atoms with Crippen LogP contribution in [-0.2, 0) is 4.79 Å². The number of amides is 1. The number of halogens is 2. The second-order valence-corrected chi connectivity index (χ2v) is 8.25. The molecule has 0 spiro atoms. The summed E-state index contributed by atoms with van der Waals surface area (Å²) in [5.74, 6) is -5.62. The number of aromatic carboxylic acids is 1. The first kappa shape index (κ1) is 23.6. The molecule has 0 atom stereocenters. The number of fused-ring (bicyclic) bond motifs is 1. The Morgan fingerprint density at radius 2 is 2.06 bits per heavy atom. The van der Waals surface area contributed by atoms with Gasteiger partial charge in [0, 0.05) is 13.1 Å². The summed E-state index contributed by atoms with van der Waals surface area (Å²) in [7, 11) is 1.27. The van der Waals surface area contributed by atoms with Gasteiger partial charge in [0.05, 0.1) is 30.6 Å². The van der Waals surface area contributed by atoms with Gasteiger partial charge in [-0.1, -0.05) is 12.8 Å². The molecule has 0 radical (unpaired) electrons. The summed E-state index contributed by atoms with van der Waals surface area (Å²) in [5, 5.41) is 21.3. The number of carbonyl (C=O) groups excluding carboxylic acids is 1. The van der Waals surface area contributed by atoms with Gasteiger partial charge in [0.2, 0.25) is 5.95 Å². The number of carbonyl (C=O) groups is 2. The van der Waals surface area contributed by atoms with Crippen LogP contribution in [0.15, 0.2) is 24.4 Å². The zero-order valence-corrected chi connectivity index (χ0v) is 18.5. The van der Waals surface area contributed by atoms with Gasteiger partial charge in [-0.15, -0.1) is 0 Å². The van der Waals surface area contributed by atoms with Crippen molar-refractivity contribution >= 4 is 35.0 Å². The lowest BCUT2D eigenvalue weighted by molar-refractivity contribution is -0.140. The minimum Gasteiger partial charge on any atom is -0.489 e. The van der Waals surface area contributed by atoms with E-state index in [0.717, 1.165) is 30.6 Å². The molecule has 0 saturated heterocycles. The van der Waals surface area contributed by atoms with Gasteiger partial charge in [-0.25, -0.2) is 9.78 Å². The van der Waals surface area contributed by atoms with Crippen molar-refractivity contribution in [2.75, 3.05) is 41.9 Å². The standard InChI is InChI=1S/C22H25F2N5O5/c1-28-16-11-25-21(26-15-7-6-13(19(31)32)10-17(15)34-9-8-30)27-18(16)29(14-4-2-3-5-14)12-22(23,24)20(28)33/h6-7,10-11,14,30H,2-5,8-9,12H2,1H3,(H,31,32)(H,25,26,27). The molecule has 2 heterocycles. The minimum atomic E-state index is -3.58. The van der Waals surface area contributed by atoms with Crippen LogP contribution in [0.3, 0.4) is 0 Å². The Morgan fingerprint density at radius 1 is 1.32 bits per heavy atom. The third-order valence-electron chi connectivity index (χ3n) is 5.96. The van der Waals surface area contributed by atoms with Crippen molar-refractivity contribution < 1.29 is 33.3 Å². The average molecular weight is 477 g/mol. The third kappa shape index (κ3) is 4.58. The van der Waals surface area contributed by atoms with E-state index < -0.39 is 24.3 Å². The third-order valence-corrected chi connectivity index (χ3v) is 5.96. The first-order valence-corrected chi connectivity index (χ1v) is 10.9. The Hall–Kier alpha value is -3.54. The highest BCUT2D eigenvalue weighted by atomic mass is 19.3. The predicted octanol–water partition coefficient (Wildman–Crippen LogP) is 2.65. The van der Waals surface area contributed by atoms with Crippen molar-refractivity contribution in [1.29, 1.82) is 0 Å². The Kier molecular flexibility index (Phi) is 6.51. The van der Waals surface area contributed by atoms with Gasteiger partial charge in [0.25, 0.3) is 5.91 Å². The van der Waals surface area contributed by atoms with Crippen molar-refractivity contribution in [2.45, 2.75) is 37.6 Å². The van der Waals surface area contributed by atoms with Crippen LogP contribution >= 0.6 is 0 Å². The van der Waals surface area contributed by atoms with Crippen LogP contribution in [0.2, 0.25) is 0 Å². The van der Waals surface area contributed by atoms with Crippen molar-refractivity contribution in [3.8, 4) is 5.75 Å². The number of ether oxygens (including phenoxy) is 1. The molecule has 10 nitrogen and oxygen atoms in total. The molecule has 1 saturated carbocycles. The molecule has 1 aromatic carbocycles. The summed E-state index contributed by atoms with van der Waals surface area (Å²) in [6.07, 6.45) is 4.56. The van der Waals surface area contributed by atoms with Crippen LogP contribution in [0.5, 0.6) is 5.75 Å². The summed E-state index contributed by atoms with van der Waals surface area (Å²) >= 11 is 0. The molecule has 0 bridgehead atoms. The number of aromatic nitrogens is 2. The molecule has 12 heteroatoms. The van der Waals surface area contributed by atoms with Crippen LogP contribution in [0, 0.1) is 0 Å². The van der Waals surface area contributed by atoms with Gasteiger partial charge < -0.3 is 30.1 Å². The first-order valence-electron chi connectivity index (χ1n) is 10.9. The molecule has 1 aromatic heterocycles. The zero-order chi connectivity index (χ0) is 24.5. The zero-order valence-electron chi connectivity index (χ0n) is 18.5. The molecule has 4 rings (SSSR count). The van der Waals surface area contributed by atoms with Crippen molar-refractivity contribution in [3.63, 3.8) is 0 Å². The monoisotopic (exact) mass is 477 g/mol. The lowest BCUT2D eigenvalue weighted by Crippen LogP contribution is -2.48. The number of hydrogen-bond donors (Lipinski definition) is 3. The summed E-state index contributed by atoms with van der Waals surface area (Å²) in [5.41, 5.74) is 0.489. The summed E-state index contributed by atoms with van der Waals surface area (Å²) in [6.45, 7) is -1.13. The quantitative estimate of drug-likeness (QED) is 0.551. The maximum Gasteiger partial charge on any atom is 0.342 e. The Balaban J connectivity index is 1.73. The molecule has 34 heavy (non-hydrogen) atoms. The molecular weight excluding hydrogens is 452 g/mol. The fraction of sp³-hybridized carbons (Fsp3) is 0.455. The highest BCUT2D eigenvalue weighted by Gasteiger charge is 2.48. The number of aliphatic hydroxyl groups excluding tert-OH is 1. The fourth-order valence-electron chi connectivity index (χ4n) is 4.26. The average Bonchev–Trinajstić information content (AvgIpc) is 3.33. The van der Waals surface area contributed by atoms with E-state index in [9.17, 15) is 23.5 Å². The number of rotatable bonds is 7. The van der Waals surface area contributed by atoms with Crippen LogP contribution in [0.25, 0.3) is 0 Å². The first-order chi connectivity index (χ1) is 16.2. The second kappa shape index (κ2) is 9.37. The molecule has 0 unspecified atom stereocenters. The normalized spacial score (nSPS) is 17.9. The lowest BCUT2D eigenvalue weighted by atomic mass is 10.2. The van der Waals surface area contributed by atoms with Gasteiger partial charge in [-0.2, -0.15) is 13.8 Å². The van der Waals surface area contributed by atoms with Crippen molar-refractivity contribution in [2.24, 2.45) is 0 Å². The van der Waals surface area contributed by atoms with Crippen LogP contribution in [-0.4, -0.2) is 70.8 Å². The van der Waals surface area contributed by atoms with E-state index in [0.29, 0.717) is 5.69 Å². The number of benzene rings is 1. The van der Waals surface area contributed by atoms with E-state index in [1.807, 2.05) is 0 Å². The lowest BCUT2D eigenvalue weighted by Gasteiger charge is -2.31. The van der Waals surface area contributed by atoms with Crippen molar-refractivity contribution in [1.82, 2.24) is 9.97 Å². The van der Waals surface area contributed by atoms with Crippen LogP contribution in [0.1, 0.15) is 36.0 Å². The Morgan fingerprint density at radius 3 is 2.74 bits per heavy atom. The topological polar surface area (TPSA) is 128 Å². The number of anilines is 4. The van der Waals surface area contributed by atoms with Crippen LogP contribution < -0.4 is 19.9 Å². The van der Waals surface area contributed by atoms with Gasteiger partial charge in [0.1, 0.15) is 18.0 Å². The molecule has 1 fully saturated rings. The molecule has 1 amide bonds. The van der Waals surface area contributed by atoms with Gasteiger partial charge in [0.15, 0.2) is 5.82 Å². The van der Waals surface area contributed by atoms with E-state index in [4.69, 9.17) is 9.84 Å². The number of aliphatic hydroxyl groups is 1. The number of nitrogens with zero attached hydrogens (tertiary/aromatic N) is 4. The molecule has 1 aliphatic carbocycles. The van der Waals surface area contributed by atoms with Crippen LogP contribution in [0.4, 0.5) is 31.9 Å². The van der Waals surface area contributed by atoms with E-state index >= 15 is 0 Å². The highest BCUT2D eigenvalue weighted by Crippen LogP contribution is 2.40. The maximum atomic E-state index is 14.7. The minimum absolute atomic E-state index is 0.0175. The number of nitrogens with one attached hydrogen (secondary N) is 1. The van der Waals surface area contributed by atoms with Crippen molar-refractivity contribution in [3.05, 3.63) is 30.0 Å². The summed E-state index contributed by atoms with van der Waals surface area (Å²) in [4.78, 5) is 34.7. The van der Waals surface area contributed by atoms with Gasteiger partial charge >= 0.3 is 11.9 Å². The molecule has 2 aromatic rings. The summed E-state index contributed by atoms with van der Waals surface area (Å²) in [6, 6.07) is 3.94. The number of carboxylic acids is 1. The molecule has 3 N–H and O–H groups in total. The smallest absolute Gasteiger partial charge is 0.342 e. The van der Waals surface area contributed by atoms with Gasteiger partial charge in [-0.3, -0.25) is 4.79 Å². The number of carboxylic acid groups (broad SMARTS) is 1. The highest BCUT2D eigenvalue weighted by molar-refractivity contribution is 6.02. The predicted molar refractivity (Wildman–Crippen MR) is 119 cm³/mol. The van der Waals surface area contributed by atoms with E-state index in [1.54, 1.807) is 0 Å². The Bertz CT molecular complexity index is 1090. The van der Waals surface area contributed by atoms with E-state index in [1.165, 1.54) is 36.3 Å². The Labute approximate surface area is 194 Å². The fourth-order valence-corrected chi connectivity index (χ4v) is 4.26. The maximum absolute atomic E-state index is 14.7. The second-order valence-electron chi connectivity index (χ2n) is 8.25. The van der Waals surface area contributed by atoms with Gasteiger partial charge in [-0.05, 0) is 31.0 Å². The van der Waals surface area contributed by atoms with E-state index in [2.05, 4.69) is 15.3 Å².